The lowest BCUT2D eigenvalue weighted by atomic mass is 9.96. The molecule has 140 valence electrons. The molecule has 4 nitrogen and oxygen atoms in total. The van der Waals surface area contributed by atoms with E-state index in [1.54, 1.807) is 0 Å². The molecule has 0 spiro atoms. The maximum atomic E-state index is 6.00. The maximum absolute atomic E-state index is 6.00. The van der Waals surface area contributed by atoms with Gasteiger partial charge >= 0.3 is 0 Å². The molecule has 0 bridgehead atoms. The summed E-state index contributed by atoms with van der Waals surface area (Å²) in [6.45, 7) is 3.45. The summed E-state index contributed by atoms with van der Waals surface area (Å²) >= 11 is 6.00. The molecule has 0 unspecified atom stereocenters. The number of rotatable bonds is 8. The Labute approximate surface area is 173 Å². The Balaban J connectivity index is 0.00000225. The predicted octanol–water partition coefficient (Wildman–Crippen LogP) is 3.92. The van der Waals surface area contributed by atoms with Crippen LogP contribution in [-0.4, -0.2) is 51.3 Å². The molecule has 25 heavy (non-hydrogen) atoms. The summed E-state index contributed by atoms with van der Waals surface area (Å²) in [4.78, 5) is 6.55. The molecular formula is C19H29ClIN3O. The van der Waals surface area contributed by atoms with Crippen molar-refractivity contribution in [2.45, 2.75) is 31.1 Å². The van der Waals surface area contributed by atoms with Gasteiger partial charge in [-0.25, -0.2) is 0 Å². The summed E-state index contributed by atoms with van der Waals surface area (Å²) in [5.74, 6) is 1.76. The van der Waals surface area contributed by atoms with E-state index in [4.69, 9.17) is 16.3 Å². The molecule has 2 saturated carbocycles. The third kappa shape index (κ3) is 6.00. The van der Waals surface area contributed by atoms with Crippen molar-refractivity contribution in [3.63, 3.8) is 0 Å². The molecule has 0 radical (unpaired) electrons. The Bertz CT molecular complexity index is 571. The lowest BCUT2D eigenvalue weighted by Crippen LogP contribution is -2.43. The van der Waals surface area contributed by atoms with E-state index in [9.17, 15) is 0 Å². The van der Waals surface area contributed by atoms with E-state index in [1.165, 1.54) is 31.2 Å². The fourth-order valence-corrected chi connectivity index (χ4v) is 3.12. The second-order valence-electron chi connectivity index (χ2n) is 7.13. The van der Waals surface area contributed by atoms with E-state index in [2.05, 4.69) is 34.4 Å². The van der Waals surface area contributed by atoms with Crippen LogP contribution in [0.3, 0.4) is 0 Å². The molecule has 2 fully saturated rings. The predicted molar refractivity (Wildman–Crippen MR) is 115 cm³/mol. The van der Waals surface area contributed by atoms with Gasteiger partial charge in [-0.15, -0.1) is 24.0 Å². The molecular weight excluding hydrogens is 449 g/mol. The van der Waals surface area contributed by atoms with E-state index >= 15 is 0 Å². The van der Waals surface area contributed by atoms with Crippen LogP contribution in [0.25, 0.3) is 0 Å². The van der Waals surface area contributed by atoms with Crippen molar-refractivity contribution in [2.24, 2.45) is 10.9 Å². The molecule has 2 aliphatic rings. The second kappa shape index (κ2) is 9.42. The summed E-state index contributed by atoms with van der Waals surface area (Å²) in [7, 11) is 3.91. The Morgan fingerprint density at radius 3 is 2.56 bits per heavy atom. The molecule has 0 heterocycles. The quantitative estimate of drug-likeness (QED) is 0.267. The van der Waals surface area contributed by atoms with Gasteiger partial charge < -0.3 is 15.0 Å². The van der Waals surface area contributed by atoms with Gasteiger partial charge in [-0.05, 0) is 49.3 Å². The molecule has 1 aromatic carbocycles. The number of likely N-dealkylation sites (N-methyl/N-ethyl adjacent to an activating group) is 1. The molecule has 0 amide bonds. The van der Waals surface area contributed by atoms with Crippen molar-refractivity contribution in [1.29, 1.82) is 0 Å². The largest absolute Gasteiger partial charge is 0.379 e. The maximum Gasteiger partial charge on any atom is 0.193 e. The van der Waals surface area contributed by atoms with E-state index in [-0.39, 0.29) is 29.4 Å². The van der Waals surface area contributed by atoms with E-state index in [0.717, 1.165) is 43.2 Å². The molecule has 1 N–H and O–H groups in total. The van der Waals surface area contributed by atoms with E-state index < -0.39 is 0 Å². The number of hydrogen-bond acceptors (Lipinski definition) is 2. The van der Waals surface area contributed by atoms with Crippen LogP contribution in [0.15, 0.2) is 29.3 Å². The SMILES string of the molecule is CN=C(NCC1(c2ccc(Cl)cc2)CC1)N(C)CCOCC1CC1.I. The number of aliphatic imine (C=N–C) groups is 1. The highest BCUT2D eigenvalue weighted by Crippen LogP contribution is 2.47. The van der Waals surface area contributed by atoms with Gasteiger partial charge in [-0.3, -0.25) is 4.99 Å². The van der Waals surface area contributed by atoms with Crippen LogP contribution in [0.2, 0.25) is 5.02 Å². The number of nitrogens with zero attached hydrogens (tertiary/aromatic N) is 2. The minimum absolute atomic E-state index is 0. The third-order valence-corrected chi connectivity index (χ3v) is 5.34. The topological polar surface area (TPSA) is 36.9 Å². The van der Waals surface area contributed by atoms with Gasteiger partial charge in [0, 0.05) is 44.2 Å². The number of guanidine groups is 1. The standard InChI is InChI=1S/C19H28ClN3O.HI/c1-21-18(23(2)11-12-24-13-15-3-4-15)22-14-19(9-10-19)16-5-7-17(20)8-6-16;/h5-8,15H,3-4,9-14H2,1-2H3,(H,21,22);1H. The van der Waals surface area contributed by atoms with Crippen molar-refractivity contribution < 1.29 is 4.74 Å². The zero-order valence-electron chi connectivity index (χ0n) is 15.1. The molecule has 6 heteroatoms. The van der Waals surface area contributed by atoms with Crippen molar-refractivity contribution >= 4 is 41.5 Å². The summed E-state index contributed by atoms with van der Waals surface area (Å²) in [6.07, 6.45) is 5.11. The van der Waals surface area contributed by atoms with Crippen LogP contribution in [-0.2, 0) is 10.2 Å². The third-order valence-electron chi connectivity index (χ3n) is 5.09. The summed E-state index contributed by atoms with van der Waals surface area (Å²) in [5.41, 5.74) is 1.61. The molecule has 1 aromatic rings. The molecule has 0 aromatic heterocycles. The average Bonchev–Trinajstić information content (AvgIpc) is 3.48. The number of benzene rings is 1. The normalized spacial score (nSPS) is 18.4. The molecule has 0 saturated heterocycles. The van der Waals surface area contributed by atoms with Crippen LogP contribution < -0.4 is 5.32 Å². The summed E-state index contributed by atoms with van der Waals surface area (Å²) in [6, 6.07) is 8.26. The van der Waals surface area contributed by atoms with Crippen molar-refractivity contribution in [3.05, 3.63) is 34.9 Å². The fourth-order valence-electron chi connectivity index (χ4n) is 3.00. The molecule has 0 aliphatic heterocycles. The smallest absolute Gasteiger partial charge is 0.193 e. The fraction of sp³-hybridized carbons (Fsp3) is 0.632. The first-order valence-electron chi connectivity index (χ1n) is 8.88. The van der Waals surface area contributed by atoms with Gasteiger partial charge in [0.15, 0.2) is 5.96 Å². The summed E-state index contributed by atoms with van der Waals surface area (Å²) in [5, 5.41) is 4.33. The minimum Gasteiger partial charge on any atom is -0.379 e. The molecule has 3 rings (SSSR count). The Morgan fingerprint density at radius 1 is 1.32 bits per heavy atom. The minimum atomic E-state index is 0. The number of ether oxygens (including phenoxy) is 1. The number of hydrogen-bond donors (Lipinski definition) is 1. The second-order valence-corrected chi connectivity index (χ2v) is 7.56. The van der Waals surface area contributed by atoms with Gasteiger partial charge in [-0.1, -0.05) is 23.7 Å². The van der Waals surface area contributed by atoms with Crippen molar-refractivity contribution in [1.82, 2.24) is 10.2 Å². The molecule has 0 atom stereocenters. The number of nitrogens with one attached hydrogen (secondary N) is 1. The highest BCUT2D eigenvalue weighted by Gasteiger charge is 2.44. The van der Waals surface area contributed by atoms with Crippen LogP contribution in [0.5, 0.6) is 0 Å². The first kappa shape index (κ1) is 20.8. The van der Waals surface area contributed by atoms with Crippen molar-refractivity contribution in [3.8, 4) is 0 Å². The lowest BCUT2D eigenvalue weighted by Gasteiger charge is -2.25. The van der Waals surface area contributed by atoms with Crippen molar-refractivity contribution in [2.75, 3.05) is 40.4 Å². The zero-order chi connectivity index (χ0) is 17.0. The highest BCUT2D eigenvalue weighted by molar-refractivity contribution is 14.0. The lowest BCUT2D eigenvalue weighted by molar-refractivity contribution is 0.115. The van der Waals surface area contributed by atoms with Crippen LogP contribution in [0, 0.1) is 5.92 Å². The van der Waals surface area contributed by atoms with Gasteiger partial charge in [0.05, 0.1) is 6.61 Å². The summed E-state index contributed by atoms with van der Waals surface area (Å²) < 4.78 is 5.72. The average molecular weight is 478 g/mol. The van der Waals surface area contributed by atoms with Crippen LogP contribution in [0.1, 0.15) is 31.2 Å². The number of halogens is 2. The Morgan fingerprint density at radius 2 is 2.00 bits per heavy atom. The van der Waals surface area contributed by atoms with E-state index in [0.29, 0.717) is 0 Å². The molecule has 2 aliphatic carbocycles. The van der Waals surface area contributed by atoms with E-state index in [1.807, 2.05) is 19.2 Å². The first-order valence-corrected chi connectivity index (χ1v) is 9.26. The zero-order valence-corrected chi connectivity index (χ0v) is 18.2. The Kier molecular flexibility index (Phi) is 7.83. The first-order chi connectivity index (χ1) is 11.6. The van der Waals surface area contributed by atoms with Gasteiger partial charge in [0.2, 0.25) is 0 Å². The van der Waals surface area contributed by atoms with Gasteiger partial charge in [-0.2, -0.15) is 0 Å². The van der Waals surface area contributed by atoms with Gasteiger partial charge in [0.25, 0.3) is 0 Å². The van der Waals surface area contributed by atoms with Gasteiger partial charge in [0.1, 0.15) is 0 Å². The highest BCUT2D eigenvalue weighted by atomic mass is 127. The van der Waals surface area contributed by atoms with Crippen LogP contribution >= 0.6 is 35.6 Å². The monoisotopic (exact) mass is 477 g/mol. The Hall–Kier alpha value is -0.530. The van der Waals surface area contributed by atoms with Crippen LogP contribution in [0.4, 0.5) is 0 Å².